The first-order valence-corrected chi connectivity index (χ1v) is 7.25. The molecule has 0 bridgehead atoms. The van der Waals surface area contributed by atoms with Crippen molar-refractivity contribution in [2.45, 2.75) is 31.7 Å². The molecule has 0 atom stereocenters. The van der Waals surface area contributed by atoms with E-state index in [0.717, 1.165) is 24.2 Å². The Morgan fingerprint density at radius 3 is 2.90 bits per heavy atom. The highest BCUT2D eigenvalue weighted by Gasteiger charge is 2.20. The van der Waals surface area contributed by atoms with Gasteiger partial charge in [0.2, 0.25) is 5.91 Å². The van der Waals surface area contributed by atoms with Crippen molar-refractivity contribution < 1.29 is 4.79 Å². The largest absolute Gasteiger partial charge is 0.307 e. The van der Waals surface area contributed by atoms with Crippen LogP contribution >= 0.6 is 0 Å². The van der Waals surface area contributed by atoms with E-state index in [9.17, 15) is 4.79 Å². The molecule has 1 aliphatic rings. The van der Waals surface area contributed by atoms with E-state index in [2.05, 4.69) is 15.4 Å². The summed E-state index contributed by atoms with van der Waals surface area (Å²) in [5.41, 5.74) is 0.900. The molecule has 2 heterocycles. The zero-order chi connectivity index (χ0) is 14.5. The second-order valence-corrected chi connectivity index (χ2v) is 5.21. The van der Waals surface area contributed by atoms with E-state index < -0.39 is 0 Å². The van der Waals surface area contributed by atoms with Gasteiger partial charge < -0.3 is 5.32 Å². The van der Waals surface area contributed by atoms with Crippen molar-refractivity contribution in [2.75, 3.05) is 5.32 Å². The molecule has 1 fully saturated rings. The molecule has 2 aromatic heterocycles. The van der Waals surface area contributed by atoms with Crippen LogP contribution in [0, 0.1) is 0 Å². The van der Waals surface area contributed by atoms with Gasteiger partial charge in [0.25, 0.3) is 0 Å². The summed E-state index contributed by atoms with van der Waals surface area (Å²) in [5.74, 6) is 0.612. The molecule has 0 saturated heterocycles. The maximum absolute atomic E-state index is 12.0. The van der Waals surface area contributed by atoms with Gasteiger partial charge in [0.15, 0.2) is 0 Å². The molecule has 0 aromatic carbocycles. The highest BCUT2D eigenvalue weighted by atomic mass is 16.1. The van der Waals surface area contributed by atoms with Crippen LogP contribution in [0.2, 0.25) is 0 Å². The number of carbonyl (C=O) groups is 1. The summed E-state index contributed by atoms with van der Waals surface area (Å²) < 4.78 is 1.93. The highest BCUT2D eigenvalue weighted by Crippen LogP contribution is 2.31. The Labute approximate surface area is 123 Å². The fourth-order valence-corrected chi connectivity index (χ4v) is 2.67. The van der Waals surface area contributed by atoms with Crippen LogP contribution in [0.1, 0.15) is 37.3 Å². The van der Waals surface area contributed by atoms with Gasteiger partial charge in [-0.1, -0.05) is 18.9 Å². The van der Waals surface area contributed by atoms with Crippen molar-refractivity contribution in [1.82, 2.24) is 14.8 Å². The van der Waals surface area contributed by atoms with Crippen molar-refractivity contribution in [3.05, 3.63) is 48.4 Å². The van der Waals surface area contributed by atoms with Gasteiger partial charge in [0.1, 0.15) is 5.82 Å². The third kappa shape index (κ3) is 3.37. The Morgan fingerprint density at radius 1 is 1.29 bits per heavy atom. The van der Waals surface area contributed by atoms with Crippen molar-refractivity contribution in [2.24, 2.45) is 0 Å². The predicted octanol–water partition coefficient (Wildman–Crippen LogP) is 3.05. The smallest absolute Gasteiger partial charge is 0.249 e. The van der Waals surface area contributed by atoms with Gasteiger partial charge in [-0.2, -0.15) is 5.10 Å². The number of hydrogen-bond donors (Lipinski definition) is 1. The molecular formula is C16H18N4O. The quantitative estimate of drug-likeness (QED) is 0.877. The van der Waals surface area contributed by atoms with Crippen LogP contribution in [0.4, 0.5) is 5.82 Å². The number of anilines is 1. The van der Waals surface area contributed by atoms with E-state index in [1.807, 2.05) is 22.9 Å². The van der Waals surface area contributed by atoms with Gasteiger partial charge in [-0.3, -0.25) is 9.78 Å². The molecule has 1 aliphatic carbocycles. The number of aromatic nitrogens is 3. The normalized spacial score (nSPS) is 15.6. The predicted molar refractivity (Wildman–Crippen MR) is 81.6 cm³/mol. The van der Waals surface area contributed by atoms with E-state index >= 15 is 0 Å². The van der Waals surface area contributed by atoms with Crippen molar-refractivity contribution >= 4 is 17.8 Å². The first-order valence-electron chi connectivity index (χ1n) is 7.25. The van der Waals surface area contributed by atoms with Crippen LogP contribution < -0.4 is 5.32 Å². The minimum absolute atomic E-state index is 0.154. The average Bonchev–Trinajstić information content (AvgIpc) is 3.17. The molecule has 0 aliphatic heterocycles. The third-order valence-corrected chi connectivity index (χ3v) is 3.70. The van der Waals surface area contributed by atoms with Gasteiger partial charge in [-0.15, -0.1) is 0 Å². The van der Waals surface area contributed by atoms with Crippen LogP contribution in [-0.4, -0.2) is 20.7 Å². The van der Waals surface area contributed by atoms with Crippen molar-refractivity contribution in [3.8, 4) is 0 Å². The molecule has 0 spiro atoms. The second kappa shape index (κ2) is 6.35. The summed E-state index contributed by atoms with van der Waals surface area (Å²) in [6.45, 7) is 0. The van der Waals surface area contributed by atoms with E-state index in [1.54, 1.807) is 24.7 Å². The molecule has 1 saturated carbocycles. The maximum Gasteiger partial charge on any atom is 0.249 e. The molecule has 2 aromatic rings. The Balaban J connectivity index is 1.65. The SMILES string of the molecule is O=C(/C=C/c1cccnc1)Nc1ccnn1C1CCCC1. The molecule has 5 nitrogen and oxygen atoms in total. The molecule has 3 rings (SSSR count). The molecule has 1 amide bonds. The van der Waals surface area contributed by atoms with Crippen LogP contribution in [0.25, 0.3) is 6.08 Å². The summed E-state index contributed by atoms with van der Waals surface area (Å²) in [4.78, 5) is 16.0. The van der Waals surface area contributed by atoms with E-state index in [1.165, 1.54) is 18.9 Å². The van der Waals surface area contributed by atoms with Crippen LogP contribution in [0.15, 0.2) is 42.9 Å². The first kappa shape index (κ1) is 13.5. The summed E-state index contributed by atoms with van der Waals surface area (Å²) in [7, 11) is 0. The lowest BCUT2D eigenvalue weighted by Gasteiger charge is -2.13. The van der Waals surface area contributed by atoms with Gasteiger partial charge >= 0.3 is 0 Å². The van der Waals surface area contributed by atoms with Crippen LogP contribution in [0.3, 0.4) is 0 Å². The van der Waals surface area contributed by atoms with Gasteiger partial charge in [0.05, 0.1) is 12.2 Å². The zero-order valence-corrected chi connectivity index (χ0v) is 11.8. The van der Waals surface area contributed by atoms with Gasteiger partial charge in [-0.25, -0.2) is 4.68 Å². The number of rotatable bonds is 4. The van der Waals surface area contributed by atoms with Gasteiger partial charge in [-0.05, 0) is 30.5 Å². The molecular weight excluding hydrogens is 264 g/mol. The molecule has 108 valence electrons. The standard InChI is InChI=1S/C16H18N4O/c21-16(8-7-13-4-3-10-17-12-13)19-15-9-11-18-20(15)14-5-1-2-6-14/h3-4,7-12,14H,1-2,5-6H2,(H,19,21)/b8-7+. The fraction of sp³-hybridized carbons (Fsp3) is 0.312. The number of pyridine rings is 1. The van der Waals surface area contributed by atoms with E-state index in [0.29, 0.717) is 6.04 Å². The monoisotopic (exact) mass is 282 g/mol. The Hall–Kier alpha value is -2.43. The lowest BCUT2D eigenvalue weighted by atomic mass is 10.2. The Morgan fingerprint density at radius 2 is 2.14 bits per heavy atom. The molecule has 21 heavy (non-hydrogen) atoms. The number of hydrogen-bond acceptors (Lipinski definition) is 3. The fourth-order valence-electron chi connectivity index (χ4n) is 2.67. The van der Waals surface area contributed by atoms with Crippen LogP contribution in [0.5, 0.6) is 0 Å². The molecule has 0 radical (unpaired) electrons. The Bertz CT molecular complexity index is 627. The maximum atomic E-state index is 12.0. The first-order chi connectivity index (χ1) is 10.3. The van der Waals surface area contributed by atoms with E-state index in [4.69, 9.17) is 0 Å². The second-order valence-electron chi connectivity index (χ2n) is 5.21. The number of amides is 1. The highest BCUT2D eigenvalue weighted by molar-refractivity contribution is 6.01. The molecule has 1 N–H and O–H groups in total. The molecule has 5 heteroatoms. The van der Waals surface area contributed by atoms with Crippen molar-refractivity contribution in [3.63, 3.8) is 0 Å². The summed E-state index contributed by atoms with van der Waals surface area (Å²) in [6.07, 6.45) is 13.2. The van der Waals surface area contributed by atoms with Crippen molar-refractivity contribution in [1.29, 1.82) is 0 Å². The Kier molecular flexibility index (Phi) is 4.09. The average molecular weight is 282 g/mol. The zero-order valence-electron chi connectivity index (χ0n) is 11.8. The summed E-state index contributed by atoms with van der Waals surface area (Å²) in [5, 5.41) is 7.23. The van der Waals surface area contributed by atoms with Gasteiger partial charge in [0, 0.05) is 24.5 Å². The number of nitrogens with zero attached hydrogens (tertiary/aromatic N) is 3. The summed E-state index contributed by atoms with van der Waals surface area (Å²) in [6, 6.07) is 6.00. The summed E-state index contributed by atoms with van der Waals surface area (Å²) >= 11 is 0. The lowest BCUT2D eigenvalue weighted by molar-refractivity contribution is -0.111. The number of nitrogens with one attached hydrogen (secondary N) is 1. The molecule has 0 unspecified atom stereocenters. The van der Waals surface area contributed by atoms with Crippen LogP contribution in [-0.2, 0) is 4.79 Å². The number of carbonyl (C=O) groups excluding carboxylic acids is 1. The lowest BCUT2D eigenvalue weighted by Crippen LogP contribution is -2.15. The third-order valence-electron chi connectivity index (χ3n) is 3.70. The minimum atomic E-state index is -0.154. The van der Waals surface area contributed by atoms with E-state index in [-0.39, 0.29) is 5.91 Å². The topological polar surface area (TPSA) is 59.8 Å². The minimum Gasteiger partial charge on any atom is -0.307 e.